The molecule has 1 aliphatic rings. The van der Waals surface area contributed by atoms with E-state index in [9.17, 15) is 4.79 Å². The van der Waals surface area contributed by atoms with Crippen molar-refractivity contribution < 1.29 is 9.21 Å². The maximum Gasteiger partial charge on any atom is 0.265 e. The van der Waals surface area contributed by atoms with Gasteiger partial charge in [0.1, 0.15) is 21.1 Å². The molecule has 0 saturated carbocycles. The van der Waals surface area contributed by atoms with E-state index in [2.05, 4.69) is 30.9 Å². The van der Waals surface area contributed by atoms with E-state index in [0.29, 0.717) is 6.04 Å². The van der Waals surface area contributed by atoms with Crippen LogP contribution in [0.15, 0.2) is 46.9 Å². The van der Waals surface area contributed by atoms with Gasteiger partial charge in [0.2, 0.25) is 0 Å². The molecule has 160 valence electrons. The maximum atomic E-state index is 13.3. The Balaban J connectivity index is 1.47. The first-order valence-electron chi connectivity index (χ1n) is 11.0. The third-order valence-electron chi connectivity index (χ3n) is 6.40. The largest absolute Gasteiger partial charge is 0.455 e. The summed E-state index contributed by atoms with van der Waals surface area (Å²) in [6.45, 7) is 9.96. The second-order valence-electron chi connectivity index (χ2n) is 8.13. The summed E-state index contributed by atoms with van der Waals surface area (Å²) in [4.78, 5) is 23.3. The van der Waals surface area contributed by atoms with Crippen molar-refractivity contribution in [3.63, 3.8) is 0 Å². The number of hydrogen-bond acceptors (Lipinski definition) is 5. The second kappa shape index (κ2) is 8.09. The molecule has 1 aliphatic heterocycles. The van der Waals surface area contributed by atoms with Crippen molar-refractivity contribution in [2.45, 2.75) is 33.2 Å². The van der Waals surface area contributed by atoms with Crippen molar-refractivity contribution in [2.24, 2.45) is 0 Å². The molecule has 4 aromatic rings. The first kappa shape index (κ1) is 20.2. The fourth-order valence-electron chi connectivity index (χ4n) is 4.73. The van der Waals surface area contributed by atoms with Crippen molar-refractivity contribution >= 4 is 39.2 Å². The molecule has 5 nitrogen and oxygen atoms in total. The number of carbonyl (C=O) groups excluding carboxylic acids is 1. The molecule has 5 rings (SSSR count). The minimum absolute atomic E-state index is 0.104. The molecule has 1 atom stereocenters. The number of nitrogens with zero attached hydrogens (tertiary/aromatic N) is 3. The quantitative estimate of drug-likeness (QED) is 0.413. The van der Waals surface area contributed by atoms with Gasteiger partial charge in [-0.2, -0.15) is 0 Å². The van der Waals surface area contributed by atoms with Crippen molar-refractivity contribution in [1.29, 1.82) is 0 Å². The number of carbonyl (C=O) groups is 1. The van der Waals surface area contributed by atoms with Gasteiger partial charge in [-0.3, -0.25) is 9.69 Å². The van der Waals surface area contributed by atoms with Gasteiger partial charge in [-0.25, -0.2) is 4.98 Å². The number of aromatic nitrogens is 1. The Morgan fingerprint density at radius 2 is 1.94 bits per heavy atom. The van der Waals surface area contributed by atoms with Crippen LogP contribution in [0.4, 0.5) is 0 Å². The fourth-order valence-corrected chi connectivity index (χ4v) is 5.79. The van der Waals surface area contributed by atoms with Crippen LogP contribution < -0.4 is 0 Å². The molecule has 0 N–H and O–H groups in total. The van der Waals surface area contributed by atoms with Crippen LogP contribution in [0.3, 0.4) is 0 Å². The molecular formula is C25H27N3O2S. The van der Waals surface area contributed by atoms with Crippen LogP contribution in [0.5, 0.6) is 0 Å². The van der Waals surface area contributed by atoms with E-state index in [0.717, 1.165) is 75.7 Å². The topological polar surface area (TPSA) is 49.6 Å². The zero-order valence-corrected chi connectivity index (χ0v) is 19.0. The molecule has 1 fully saturated rings. The van der Waals surface area contributed by atoms with Crippen LogP contribution in [-0.4, -0.2) is 52.9 Å². The van der Waals surface area contributed by atoms with Crippen LogP contribution in [0.1, 0.15) is 35.6 Å². The Hall–Kier alpha value is -2.70. The van der Waals surface area contributed by atoms with Gasteiger partial charge in [-0.05, 0) is 38.6 Å². The number of fused-ring (bicyclic) bond motifs is 3. The van der Waals surface area contributed by atoms with Crippen LogP contribution in [-0.2, 0) is 0 Å². The number of thiazole rings is 1. The number of para-hydroxylation sites is 2. The highest BCUT2D eigenvalue weighted by Crippen LogP contribution is 2.38. The molecule has 0 spiro atoms. The van der Waals surface area contributed by atoms with Gasteiger partial charge in [0.05, 0.1) is 11.3 Å². The highest BCUT2D eigenvalue weighted by atomic mass is 32.1. The lowest BCUT2D eigenvalue weighted by molar-refractivity contribution is 0.0782. The molecular weight excluding hydrogens is 406 g/mol. The molecule has 2 aromatic carbocycles. The second-order valence-corrected chi connectivity index (χ2v) is 9.13. The lowest BCUT2D eigenvalue weighted by atomic mass is 10.1. The smallest absolute Gasteiger partial charge is 0.265 e. The highest BCUT2D eigenvalue weighted by Gasteiger charge is 2.31. The molecule has 0 aliphatic carbocycles. The molecule has 0 bridgehead atoms. The number of amides is 1. The van der Waals surface area contributed by atoms with Crippen molar-refractivity contribution in [3.8, 4) is 10.6 Å². The highest BCUT2D eigenvalue weighted by molar-refractivity contribution is 7.17. The molecule has 1 saturated heterocycles. The summed E-state index contributed by atoms with van der Waals surface area (Å²) in [5.74, 6) is 0.104. The van der Waals surface area contributed by atoms with Crippen molar-refractivity contribution in [2.75, 3.05) is 26.2 Å². The number of furan rings is 1. The normalized spacial score (nSPS) is 16.8. The van der Waals surface area contributed by atoms with E-state index < -0.39 is 0 Å². The monoisotopic (exact) mass is 433 g/mol. The lowest BCUT2D eigenvalue weighted by Gasteiger charge is -2.26. The van der Waals surface area contributed by atoms with Crippen LogP contribution in [0.2, 0.25) is 0 Å². The van der Waals surface area contributed by atoms with Gasteiger partial charge < -0.3 is 9.32 Å². The summed E-state index contributed by atoms with van der Waals surface area (Å²) < 4.78 is 6.18. The number of likely N-dealkylation sites (N-methyl/N-ethyl adjacent to an activating group) is 1. The first-order chi connectivity index (χ1) is 15.1. The van der Waals surface area contributed by atoms with E-state index in [4.69, 9.17) is 9.40 Å². The summed E-state index contributed by atoms with van der Waals surface area (Å²) in [6.07, 6.45) is 1.04. The van der Waals surface area contributed by atoms with Crippen LogP contribution in [0, 0.1) is 6.92 Å². The zero-order valence-electron chi connectivity index (χ0n) is 18.2. The van der Waals surface area contributed by atoms with E-state index >= 15 is 0 Å². The van der Waals surface area contributed by atoms with Crippen LogP contribution in [0.25, 0.3) is 32.5 Å². The predicted octanol–water partition coefficient (Wildman–Crippen LogP) is 5.57. The Kier molecular flexibility index (Phi) is 5.28. The summed E-state index contributed by atoms with van der Waals surface area (Å²) in [7, 11) is 0. The number of likely N-dealkylation sites (tertiary alicyclic amines) is 1. The van der Waals surface area contributed by atoms with Gasteiger partial charge in [0, 0.05) is 29.9 Å². The molecule has 0 radical (unpaired) electrons. The predicted molar refractivity (Wildman–Crippen MR) is 127 cm³/mol. The van der Waals surface area contributed by atoms with E-state index in [1.165, 1.54) is 11.3 Å². The van der Waals surface area contributed by atoms with Crippen LogP contribution >= 0.6 is 11.3 Å². The molecule has 3 heterocycles. The minimum atomic E-state index is 0.104. The molecule has 2 aromatic heterocycles. The first-order valence-corrected chi connectivity index (χ1v) is 11.8. The SMILES string of the molecule is CCN(CC)C1CCN(C(=O)c2sc(-c3cccc4c3oc3ccccc34)nc2C)C1. The number of aryl methyl sites for hydroxylation is 1. The summed E-state index contributed by atoms with van der Waals surface area (Å²) >= 11 is 1.48. The van der Waals surface area contributed by atoms with Gasteiger partial charge >= 0.3 is 0 Å². The summed E-state index contributed by atoms with van der Waals surface area (Å²) in [5, 5.41) is 3.02. The lowest BCUT2D eigenvalue weighted by Crippen LogP contribution is -2.38. The Morgan fingerprint density at radius 3 is 2.74 bits per heavy atom. The third-order valence-corrected chi connectivity index (χ3v) is 7.58. The van der Waals surface area contributed by atoms with E-state index in [1.54, 1.807) is 0 Å². The standard InChI is InChI=1S/C25H27N3O2S/c1-4-27(5-2)17-13-14-28(15-17)25(29)23-16(3)26-24(31-23)20-11-8-10-19-18-9-6-7-12-21(18)30-22(19)20/h6-12,17H,4-5,13-15H2,1-3H3. The van der Waals surface area contributed by atoms with Crippen molar-refractivity contribution in [1.82, 2.24) is 14.8 Å². The van der Waals surface area contributed by atoms with E-state index in [1.807, 2.05) is 42.2 Å². The van der Waals surface area contributed by atoms with Gasteiger partial charge in [0.25, 0.3) is 5.91 Å². The van der Waals surface area contributed by atoms with E-state index in [-0.39, 0.29) is 5.91 Å². The molecule has 31 heavy (non-hydrogen) atoms. The van der Waals surface area contributed by atoms with Gasteiger partial charge in [-0.15, -0.1) is 11.3 Å². The third kappa shape index (κ3) is 3.44. The number of rotatable bonds is 5. The Bertz CT molecular complexity index is 1250. The number of hydrogen-bond donors (Lipinski definition) is 0. The van der Waals surface area contributed by atoms with Crippen molar-refractivity contribution in [3.05, 3.63) is 53.0 Å². The summed E-state index contributed by atoms with van der Waals surface area (Å²) in [6, 6.07) is 14.7. The average molecular weight is 434 g/mol. The maximum absolute atomic E-state index is 13.3. The zero-order chi connectivity index (χ0) is 21.5. The molecule has 1 amide bonds. The number of benzene rings is 2. The Morgan fingerprint density at radius 1 is 1.16 bits per heavy atom. The minimum Gasteiger partial charge on any atom is -0.455 e. The molecule has 1 unspecified atom stereocenters. The van der Waals surface area contributed by atoms with Gasteiger partial charge in [0.15, 0.2) is 0 Å². The van der Waals surface area contributed by atoms with Gasteiger partial charge in [-0.1, -0.05) is 44.2 Å². The summed E-state index contributed by atoms with van der Waals surface area (Å²) in [5.41, 5.74) is 3.45. The molecule has 6 heteroatoms. The Labute approximate surface area is 186 Å². The average Bonchev–Trinajstić information content (AvgIpc) is 3.51. The fraction of sp³-hybridized carbons (Fsp3) is 0.360.